The number of hydrogen-bond donors (Lipinski definition) is 2. The van der Waals surface area contributed by atoms with Gasteiger partial charge in [0.1, 0.15) is 11.2 Å². The van der Waals surface area contributed by atoms with Crippen molar-refractivity contribution >= 4 is 12.2 Å². The van der Waals surface area contributed by atoms with Gasteiger partial charge in [-0.05, 0) is 162 Å². The van der Waals surface area contributed by atoms with Crippen LogP contribution in [-0.2, 0) is 9.47 Å². The van der Waals surface area contributed by atoms with Crippen LogP contribution in [0.4, 0.5) is 9.59 Å². The Morgan fingerprint density at radius 2 is 0.900 bits per heavy atom. The standard InChI is InChI=1S/C15H29NO2.C12H23NO2.C9H19N.C9H18.C7H15N/c1-13(2,3)15(7)8-10-16(11-9-15)12(17)18-14(4,5)6;1-11(2,3)9-7-13(8-9)10(14)15-12(4,5)6;1-8(2)9(3)4-6-10-7-5-9;1-8(2)9(3)6-4-5-7-9;1-7(2,3)6-4-8-5-6/h8-11H2,1-7H3;9H,7-8H2,1-6H3;8,10H,4-7H2,1-3H3;8H,4-7H2,1-3H3;6,8H,4-5H2,1-3H3. The van der Waals surface area contributed by atoms with Crippen LogP contribution in [0.5, 0.6) is 0 Å². The molecule has 4 saturated heterocycles. The fourth-order valence-corrected chi connectivity index (χ4v) is 8.00. The SMILES string of the molecule is CC(C)(C)C1CNC1.CC(C)(C)OC(=O)N1CC(C(C)(C)C)C1.CC(C)(C)OC(=O)N1CCC(C)(C(C)(C)C)CC1.CC(C)C1(C)CCCC1.CC(C)C1(C)CCNCC1. The van der Waals surface area contributed by atoms with Crippen LogP contribution < -0.4 is 10.6 Å². The van der Waals surface area contributed by atoms with E-state index in [-0.39, 0.29) is 23.2 Å². The molecule has 4 heterocycles. The zero-order chi connectivity index (χ0) is 46.8. The van der Waals surface area contributed by atoms with Crippen molar-refractivity contribution < 1.29 is 19.1 Å². The highest BCUT2D eigenvalue weighted by atomic mass is 16.6. The Morgan fingerprint density at radius 3 is 1.15 bits per heavy atom. The predicted octanol–water partition coefficient (Wildman–Crippen LogP) is 13.5. The van der Waals surface area contributed by atoms with Gasteiger partial charge in [0.2, 0.25) is 0 Å². The molecular weight excluding hydrogens is 745 g/mol. The van der Waals surface area contributed by atoms with Crippen LogP contribution in [-0.4, -0.2) is 85.5 Å². The molecular formula is C52H104N4O4. The number of carbonyl (C=O) groups excluding carboxylic acids is 2. The molecule has 5 rings (SSSR count). The third kappa shape index (κ3) is 19.5. The molecule has 0 aromatic carbocycles. The first kappa shape index (κ1) is 56.5. The summed E-state index contributed by atoms with van der Waals surface area (Å²) in [4.78, 5) is 27.2. The zero-order valence-corrected chi connectivity index (χ0v) is 44.2. The van der Waals surface area contributed by atoms with E-state index < -0.39 is 5.60 Å². The third-order valence-corrected chi connectivity index (χ3v) is 15.4. The van der Waals surface area contributed by atoms with Crippen LogP contribution in [0, 0.1) is 56.2 Å². The lowest BCUT2D eigenvalue weighted by atomic mass is 9.63. The molecule has 1 saturated carbocycles. The number of hydrogen-bond acceptors (Lipinski definition) is 6. The first-order valence-electron chi connectivity index (χ1n) is 24.3. The van der Waals surface area contributed by atoms with Gasteiger partial charge in [0.15, 0.2) is 0 Å². The maximum atomic E-state index is 12.0. The summed E-state index contributed by atoms with van der Waals surface area (Å²) in [6.45, 7) is 56.6. The Balaban J connectivity index is 0.000000388. The van der Waals surface area contributed by atoms with E-state index in [0.717, 1.165) is 56.8 Å². The van der Waals surface area contributed by atoms with Gasteiger partial charge >= 0.3 is 12.2 Å². The van der Waals surface area contributed by atoms with Crippen molar-refractivity contribution in [1.29, 1.82) is 0 Å². The molecule has 0 bridgehead atoms. The number of likely N-dealkylation sites (tertiary alicyclic amines) is 2. The van der Waals surface area contributed by atoms with Crippen molar-refractivity contribution in [2.24, 2.45) is 56.2 Å². The second-order valence-electron chi connectivity index (χ2n) is 26.0. The first-order chi connectivity index (χ1) is 26.9. The Labute approximate surface area is 374 Å². The van der Waals surface area contributed by atoms with E-state index in [4.69, 9.17) is 9.47 Å². The second kappa shape index (κ2) is 22.4. The van der Waals surface area contributed by atoms with Gasteiger partial charge in [0.05, 0.1) is 0 Å². The molecule has 60 heavy (non-hydrogen) atoms. The number of piperidine rings is 2. The fraction of sp³-hybridized carbons (Fsp3) is 0.962. The van der Waals surface area contributed by atoms with Gasteiger partial charge in [-0.1, -0.05) is 124 Å². The van der Waals surface area contributed by atoms with E-state index in [9.17, 15) is 9.59 Å². The number of carbonyl (C=O) groups is 2. The Hall–Kier alpha value is -1.54. The van der Waals surface area contributed by atoms with Crippen molar-refractivity contribution in [2.45, 2.75) is 215 Å². The minimum atomic E-state index is -0.401. The maximum Gasteiger partial charge on any atom is 0.410 e. The van der Waals surface area contributed by atoms with E-state index in [1.54, 1.807) is 4.90 Å². The molecule has 8 heteroatoms. The van der Waals surface area contributed by atoms with Gasteiger partial charge in [0, 0.05) is 26.2 Å². The molecule has 5 fully saturated rings. The van der Waals surface area contributed by atoms with Crippen molar-refractivity contribution in [3.8, 4) is 0 Å². The zero-order valence-electron chi connectivity index (χ0n) is 44.2. The second-order valence-corrected chi connectivity index (χ2v) is 26.0. The lowest BCUT2D eigenvalue weighted by Crippen LogP contribution is -2.55. The summed E-state index contributed by atoms with van der Waals surface area (Å²) < 4.78 is 10.7. The summed E-state index contributed by atoms with van der Waals surface area (Å²) >= 11 is 0. The topological polar surface area (TPSA) is 83.1 Å². The molecule has 4 aliphatic heterocycles. The predicted molar refractivity (Wildman–Crippen MR) is 258 cm³/mol. The van der Waals surface area contributed by atoms with Crippen LogP contribution in [0.1, 0.15) is 204 Å². The minimum Gasteiger partial charge on any atom is -0.444 e. The van der Waals surface area contributed by atoms with Crippen molar-refractivity contribution in [2.75, 3.05) is 52.4 Å². The Morgan fingerprint density at radius 1 is 0.533 bits per heavy atom. The van der Waals surface area contributed by atoms with Gasteiger partial charge in [-0.25, -0.2) is 9.59 Å². The molecule has 356 valence electrons. The van der Waals surface area contributed by atoms with Crippen molar-refractivity contribution in [3.05, 3.63) is 0 Å². The van der Waals surface area contributed by atoms with Gasteiger partial charge in [-0.15, -0.1) is 0 Å². The summed E-state index contributed by atoms with van der Waals surface area (Å²) in [5, 5.41) is 6.66. The molecule has 1 aliphatic carbocycles. The van der Waals surface area contributed by atoms with Crippen LogP contribution in [0.3, 0.4) is 0 Å². The minimum absolute atomic E-state index is 0.168. The summed E-state index contributed by atoms with van der Waals surface area (Å²) in [5.41, 5.74) is 1.94. The molecule has 0 radical (unpaired) electrons. The van der Waals surface area contributed by atoms with Crippen molar-refractivity contribution in [3.63, 3.8) is 0 Å². The van der Waals surface area contributed by atoms with Gasteiger partial charge < -0.3 is 29.9 Å². The fourth-order valence-electron chi connectivity index (χ4n) is 8.00. The largest absolute Gasteiger partial charge is 0.444 e. The summed E-state index contributed by atoms with van der Waals surface area (Å²) in [6, 6.07) is 0. The van der Waals surface area contributed by atoms with Crippen LogP contribution >= 0.6 is 0 Å². The maximum absolute atomic E-state index is 12.0. The average Bonchev–Trinajstić information content (AvgIpc) is 3.45. The molecule has 0 aromatic heterocycles. The highest BCUT2D eigenvalue weighted by Gasteiger charge is 2.42. The van der Waals surface area contributed by atoms with Gasteiger partial charge in [-0.3, -0.25) is 0 Å². The van der Waals surface area contributed by atoms with Crippen LogP contribution in [0.25, 0.3) is 0 Å². The summed E-state index contributed by atoms with van der Waals surface area (Å²) in [5.74, 6) is 3.25. The lowest BCUT2D eigenvalue weighted by molar-refractivity contribution is -0.0211. The molecule has 0 aromatic rings. The third-order valence-electron chi connectivity index (χ3n) is 15.4. The number of nitrogens with zero attached hydrogens (tertiary/aromatic N) is 2. The molecule has 2 N–H and O–H groups in total. The van der Waals surface area contributed by atoms with E-state index in [0.29, 0.717) is 33.0 Å². The molecule has 2 amide bonds. The Bertz CT molecular complexity index is 1240. The molecule has 0 atom stereocenters. The van der Waals surface area contributed by atoms with E-state index in [1.165, 1.54) is 64.7 Å². The van der Waals surface area contributed by atoms with Gasteiger partial charge in [0.25, 0.3) is 0 Å². The van der Waals surface area contributed by atoms with Crippen LogP contribution in [0.2, 0.25) is 0 Å². The monoisotopic (exact) mass is 849 g/mol. The summed E-state index contributed by atoms with van der Waals surface area (Å²) in [7, 11) is 0. The first-order valence-corrected chi connectivity index (χ1v) is 24.3. The number of nitrogens with one attached hydrogen (secondary N) is 2. The lowest BCUT2D eigenvalue weighted by Gasteiger charge is -2.47. The quantitative estimate of drug-likeness (QED) is 0.288. The Kier molecular flexibility index (Phi) is 21.1. The highest BCUT2D eigenvalue weighted by molar-refractivity contribution is 5.69. The molecule has 0 unspecified atom stereocenters. The van der Waals surface area contributed by atoms with Gasteiger partial charge in [-0.2, -0.15) is 0 Å². The van der Waals surface area contributed by atoms with Crippen LogP contribution in [0.15, 0.2) is 0 Å². The number of rotatable bonds is 2. The molecule has 0 spiro atoms. The number of amides is 2. The summed E-state index contributed by atoms with van der Waals surface area (Å²) in [6.07, 6.45) is 10.3. The van der Waals surface area contributed by atoms with Crippen molar-refractivity contribution in [1.82, 2.24) is 20.4 Å². The average molecular weight is 849 g/mol. The van der Waals surface area contributed by atoms with E-state index >= 15 is 0 Å². The van der Waals surface area contributed by atoms with E-state index in [1.807, 2.05) is 46.4 Å². The molecule has 5 aliphatic rings. The number of ether oxygens (including phenoxy) is 2. The smallest absolute Gasteiger partial charge is 0.410 e. The highest BCUT2D eigenvalue weighted by Crippen LogP contribution is 2.46. The van der Waals surface area contributed by atoms with E-state index in [2.05, 4.69) is 121 Å². The normalized spacial score (nSPS) is 21.9. The molecule has 8 nitrogen and oxygen atoms in total.